The molecule has 0 aliphatic carbocycles. The SMILES string of the molecule is CC(=O)N(C)c1ccc(NC(=O)c2cc(Cl)ccc2Cl)cc1. The third-order valence-corrected chi connectivity index (χ3v) is 3.72. The first-order chi connectivity index (χ1) is 10.4. The van der Waals surface area contributed by atoms with Gasteiger partial charge in [-0.15, -0.1) is 0 Å². The first-order valence-electron chi connectivity index (χ1n) is 6.49. The Hall–Kier alpha value is -2.04. The number of halogens is 2. The van der Waals surface area contributed by atoms with Crippen LogP contribution in [0.2, 0.25) is 10.0 Å². The lowest BCUT2D eigenvalue weighted by atomic mass is 10.2. The van der Waals surface area contributed by atoms with Gasteiger partial charge < -0.3 is 10.2 Å². The minimum atomic E-state index is -0.347. The molecule has 1 N–H and O–H groups in total. The highest BCUT2D eigenvalue weighted by Gasteiger charge is 2.12. The van der Waals surface area contributed by atoms with Crippen molar-refractivity contribution < 1.29 is 9.59 Å². The monoisotopic (exact) mass is 336 g/mol. The number of carbonyl (C=O) groups excluding carboxylic acids is 2. The predicted molar refractivity (Wildman–Crippen MR) is 89.9 cm³/mol. The fraction of sp³-hybridized carbons (Fsp3) is 0.125. The third-order valence-electron chi connectivity index (χ3n) is 3.16. The van der Waals surface area contributed by atoms with E-state index in [4.69, 9.17) is 23.2 Å². The highest BCUT2D eigenvalue weighted by Crippen LogP contribution is 2.23. The third kappa shape index (κ3) is 3.78. The number of rotatable bonds is 3. The Balaban J connectivity index is 2.15. The van der Waals surface area contributed by atoms with E-state index in [2.05, 4.69) is 5.32 Å². The molecule has 0 aliphatic heterocycles. The molecule has 0 spiro atoms. The molecule has 0 saturated heterocycles. The van der Waals surface area contributed by atoms with E-state index in [1.54, 1.807) is 43.4 Å². The summed E-state index contributed by atoms with van der Waals surface area (Å²) >= 11 is 11.9. The van der Waals surface area contributed by atoms with E-state index in [9.17, 15) is 9.59 Å². The molecule has 2 rings (SSSR count). The molecule has 0 saturated carbocycles. The number of hydrogen-bond donors (Lipinski definition) is 1. The minimum absolute atomic E-state index is 0.0671. The van der Waals surface area contributed by atoms with Gasteiger partial charge in [0, 0.05) is 30.4 Å². The van der Waals surface area contributed by atoms with Crippen molar-refractivity contribution in [2.24, 2.45) is 0 Å². The minimum Gasteiger partial charge on any atom is -0.322 e. The number of nitrogens with one attached hydrogen (secondary N) is 1. The summed E-state index contributed by atoms with van der Waals surface area (Å²) in [7, 11) is 1.68. The summed E-state index contributed by atoms with van der Waals surface area (Å²) < 4.78 is 0. The molecule has 2 aromatic carbocycles. The average Bonchev–Trinajstić information content (AvgIpc) is 2.49. The van der Waals surface area contributed by atoms with Gasteiger partial charge in [-0.3, -0.25) is 9.59 Å². The summed E-state index contributed by atoms with van der Waals surface area (Å²) in [4.78, 5) is 25.0. The fourth-order valence-electron chi connectivity index (χ4n) is 1.82. The van der Waals surface area contributed by atoms with Crippen molar-refractivity contribution in [3.05, 3.63) is 58.1 Å². The van der Waals surface area contributed by atoms with Gasteiger partial charge in [-0.05, 0) is 42.5 Å². The van der Waals surface area contributed by atoms with Gasteiger partial charge in [0.15, 0.2) is 0 Å². The van der Waals surface area contributed by atoms with E-state index in [1.807, 2.05) is 0 Å². The lowest BCUT2D eigenvalue weighted by Crippen LogP contribution is -2.22. The van der Waals surface area contributed by atoms with Crippen LogP contribution in [-0.2, 0) is 4.79 Å². The van der Waals surface area contributed by atoms with Crippen LogP contribution in [0.1, 0.15) is 17.3 Å². The van der Waals surface area contributed by atoms with Crippen LogP contribution in [0.3, 0.4) is 0 Å². The average molecular weight is 337 g/mol. The molecule has 0 aliphatic rings. The van der Waals surface area contributed by atoms with Crippen LogP contribution >= 0.6 is 23.2 Å². The quantitative estimate of drug-likeness (QED) is 0.911. The van der Waals surface area contributed by atoms with E-state index in [0.29, 0.717) is 21.3 Å². The molecule has 22 heavy (non-hydrogen) atoms. The molecule has 6 heteroatoms. The molecule has 114 valence electrons. The maximum absolute atomic E-state index is 12.2. The molecule has 2 aromatic rings. The molecule has 0 radical (unpaired) electrons. The Morgan fingerprint density at radius 2 is 1.68 bits per heavy atom. The molecule has 0 heterocycles. The second-order valence-electron chi connectivity index (χ2n) is 4.70. The van der Waals surface area contributed by atoms with Crippen molar-refractivity contribution in [3.8, 4) is 0 Å². The number of nitrogens with zero attached hydrogens (tertiary/aromatic N) is 1. The normalized spacial score (nSPS) is 10.2. The molecule has 0 atom stereocenters. The lowest BCUT2D eigenvalue weighted by Gasteiger charge is -2.15. The van der Waals surface area contributed by atoms with E-state index in [-0.39, 0.29) is 11.8 Å². The van der Waals surface area contributed by atoms with Gasteiger partial charge >= 0.3 is 0 Å². The Bertz CT molecular complexity index is 715. The van der Waals surface area contributed by atoms with Crippen LogP contribution in [0.15, 0.2) is 42.5 Å². The van der Waals surface area contributed by atoms with Crippen molar-refractivity contribution in [2.45, 2.75) is 6.92 Å². The van der Waals surface area contributed by atoms with Crippen LogP contribution in [0, 0.1) is 0 Å². The second kappa shape index (κ2) is 6.81. The van der Waals surface area contributed by atoms with Gasteiger partial charge in [0.25, 0.3) is 5.91 Å². The summed E-state index contributed by atoms with van der Waals surface area (Å²) in [6.45, 7) is 1.48. The fourth-order valence-corrected chi connectivity index (χ4v) is 2.20. The molecule has 0 fully saturated rings. The summed E-state index contributed by atoms with van der Waals surface area (Å²) in [5.41, 5.74) is 1.65. The van der Waals surface area contributed by atoms with Gasteiger partial charge in [0.1, 0.15) is 0 Å². The van der Waals surface area contributed by atoms with Crippen molar-refractivity contribution in [1.82, 2.24) is 0 Å². The van der Waals surface area contributed by atoms with E-state index < -0.39 is 0 Å². The summed E-state index contributed by atoms with van der Waals surface area (Å²) in [5.74, 6) is -0.414. The lowest BCUT2D eigenvalue weighted by molar-refractivity contribution is -0.116. The maximum atomic E-state index is 12.2. The molecule has 2 amide bonds. The van der Waals surface area contributed by atoms with Gasteiger partial charge in [-0.1, -0.05) is 23.2 Å². The van der Waals surface area contributed by atoms with Crippen LogP contribution in [-0.4, -0.2) is 18.9 Å². The topological polar surface area (TPSA) is 49.4 Å². The van der Waals surface area contributed by atoms with Crippen LogP contribution in [0.25, 0.3) is 0 Å². The smallest absolute Gasteiger partial charge is 0.257 e. The zero-order valence-corrected chi connectivity index (χ0v) is 13.6. The Morgan fingerprint density at radius 1 is 1.05 bits per heavy atom. The summed E-state index contributed by atoms with van der Waals surface area (Å²) in [6.07, 6.45) is 0. The molecule has 0 bridgehead atoms. The Morgan fingerprint density at radius 3 is 2.27 bits per heavy atom. The van der Waals surface area contributed by atoms with Crippen molar-refractivity contribution in [3.63, 3.8) is 0 Å². The van der Waals surface area contributed by atoms with Gasteiger partial charge in [-0.2, -0.15) is 0 Å². The summed E-state index contributed by atoms with van der Waals surface area (Å²) in [5, 5.41) is 3.50. The van der Waals surface area contributed by atoms with E-state index in [1.165, 1.54) is 17.9 Å². The zero-order chi connectivity index (χ0) is 16.3. The van der Waals surface area contributed by atoms with Gasteiger partial charge in [0.2, 0.25) is 5.91 Å². The molecular formula is C16H14Cl2N2O2. The van der Waals surface area contributed by atoms with Crippen LogP contribution in [0.5, 0.6) is 0 Å². The Labute approximate surface area is 138 Å². The van der Waals surface area contributed by atoms with Crippen molar-refractivity contribution in [1.29, 1.82) is 0 Å². The number of amides is 2. The first-order valence-corrected chi connectivity index (χ1v) is 7.25. The maximum Gasteiger partial charge on any atom is 0.257 e. The molecular weight excluding hydrogens is 323 g/mol. The number of anilines is 2. The van der Waals surface area contributed by atoms with Crippen molar-refractivity contribution in [2.75, 3.05) is 17.3 Å². The second-order valence-corrected chi connectivity index (χ2v) is 5.55. The summed E-state index contributed by atoms with van der Waals surface area (Å²) in [6, 6.07) is 11.6. The predicted octanol–water partition coefficient (Wildman–Crippen LogP) is 4.23. The van der Waals surface area contributed by atoms with Crippen molar-refractivity contribution >= 4 is 46.4 Å². The number of hydrogen-bond acceptors (Lipinski definition) is 2. The Kier molecular flexibility index (Phi) is 5.06. The van der Waals surface area contributed by atoms with Crippen LogP contribution < -0.4 is 10.2 Å². The highest BCUT2D eigenvalue weighted by atomic mass is 35.5. The van der Waals surface area contributed by atoms with Gasteiger partial charge in [-0.25, -0.2) is 0 Å². The largest absolute Gasteiger partial charge is 0.322 e. The molecule has 0 aromatic heterocycles. The number of carbonyl (C=O) groups is 2. The molecule has 4 nitrogen and oxygen atoms in total. The van der Waals surface area contributed by atoms with E-state index >= 15 is 0 Å². The highest BCUT2D eigenvalue weighted by molar-refractivity contribution is 6.36. The standard InChI is InChI=1S/C16H14Cl2N2O2/c1-10(21)20(2)13-6-4-12(5-7-13)19-16(22)14-9-11(17)3-8-15(14)18/h3-9H,1-2H3,(H,19,22). The van der Waals surface area contributed by atoms with E-state index in [0.717, 1.165) is 5.69 Å². The zero-order valence-electron chi connectivity index (χ0n) is 12.1. The molecule has 0 unspecified atom stereocenters. The number of benzene rings is 2. The van der Waals surface area contributed by atoms with Crippen LogP contribution in [0.4, 0.5) is 11.4 Å². The van der Waals surface area contributed by atoms with Gasteiger partial charge in [0.05, 0.1) is 10.6 Å². The first kappa shape index (κ1) is 16.3.